The highest BCUT2D eigenvalue weighted by atomic mass is 16.5. The van der Waals surface area contributed by atoms with Gasteiger partial charge in [-0.15, -0.1) is 0 Å². The van der Waals surface area contributed by atoms with Gasteiger partial charge in [0.2, 0.25) is 17.7 Å². The van der Waals surface area contributed by atoms with Gasteiger partial charge in [-0.05, 0) is 125 Å². The number of carbonyl (C=O) groups excluding carboxylic acids is 5. The molecule has 408 valence electrons. The van der Waals surface area contributed by atoms with Crippen LogP contribution in [-0.2, 0) is 40.7 Å². The Morgan fingerprint density at radius 3 is 2.31 bits per heavy atom. The summed E-state index contributed by atoms with van der Waals surface area (Å²) >= 11 is 0. The Bertz CT molecular complexity index is 2800. The lowest BCUT2D eigenvalue weighted by Gasteiger charge is -2.37. The van der Waals surface area contributed by atoms with E-state index in [1.165, 1.54) is 4.90 Å². The van der Waals surface area contributed by atoms with Crippen molar-refractivity contribution in [1.82, 2.24) is 41.0 Å². The number of unbranched alkanes of at least 4 members (excludes halogenated alkanes) is 5. The minimum Gasteiger partial charge on any atom is -0.494 e. The average molecular weight is 1060 g/mol. The van der Waals surface area contributed by atoms with Crippen molar-refractivity contribution in [2.24, 2.45) is 0 Å². The SMILES string of the molecule is O=C1CCC(N2Cc3c(NC(=O)CCCCCOCCOCCOCCCCCCOc4ccc5c(c4)[C@@H](NC(=O)c4cccc(NC6(c7nc(-c8ccncc8)n[nH]7)CCNCC6)c4)CCO5)cccc3C2=O)C(=O)N1. The zero-order valence-corrected chi connectivity index (χ0v) is 43.6. The number of fused-ring (bicyclic) bond motifs is 2. The van der Waals surface area contributed by atoms with Gasteiger partial charge in [-0.1, -0.05) is 25.0 Å². The van der Waals surface area contributed by atoms with Crippen LogP contribution in [0.2, 0.25) is 0 Å². The van der Waals surface area contributed by atoms with Crippen LogP contribution in [0.4, 0.5) is 11.4 Å². The zero-order valence-electron chi connectivity index (χ0n) is 43.6. The molecule has 3 aromatic carbocycles. The van der Waals surface area contributed by atoms with Gasteiger partial charge in [0.25, 0.3) is 11.8 Å². The van der Waals surface area contributed by atoms with Gasteiger partial charge in [0.1, 0.15) is 17.5 Å². The van der Waals surface area contributed by atoms with Crippen molar-refractivity contribution in [2.45, 2.75) is 108 Å². The molecule has 6 heterocycles. The van der Waals surface area contributed by atoms with Gasteiger partial charge in [-0.25, -0.2) is 4.98 Å². The van der Waals surface area contributed by atoms with Gasteiger partial charge in [-0.2, -0.15) is 5.10 Å². The summed E-state index contributed by atoms with van der Waals surface area (Å²) in [4.78, 5) is 74.2. The average Bonchev–Trinajstić information content (AvgIpc) is 4.17. The zero-order chi connectivity index (χ0) is 53.2. The molecule has 1 unspecified atom stereocenters. The maximum atomic E-state index is 13.8. The molecule has 2 saturated heterocycles. The first-order valence-corrected chi connectivity index (χ1v) is 27.2. The van der Waals surface area contributed by atoms with Crippen LogP contribution in [-0.4, -0.2) is 127 Å². The number of aromatic nitrogens is 4. The van der Waals surface area contributed by atoms with Crippen LogP contribution in [0.15, 0.2) is 85.2 Å². The van der Waals surface area contributed by atoms with E-state index in [1.54, 1.807) is 30.6 Å². The van der Waals surface area contributed by atoms with Gasteiger partial charge >= 0.3 is 0 Å². The fourth-order valence-corrected chi connectivity index (χ4v) is 10.2. The summed E-state index contributed by atoms with van der Waals surface area (Å²) < 4.78 is 29.3. The van der Waals surface area contributed by atoms with Crippen LogP contribution in [0.1, 0.15) is 127 Å². The predicted molar refractivity (Wildman–Crippen MR) is 286 cm³/mol. The number of imide groups is 1. The molecule has 2 aromatic heterocycles. The highest BCUT2D eigenvalue weighted by Gasteiger charge is 2.40. The number of anilines is 2. The third-order valence-corrected chi connectivity index (χ3v) is 14.4. The largest absolute Gasteiger partial charge is 0.494 e. The molecule has 2 fully saturated rings. The van der Waals surface area contributed by atoms with Gasteiger partial charge in [0, 0.05) is 90.6 Å². The Hall–Kier alpha value is -7.26. The van der Waals surface area contributed by atoms with E-state index < -0.39 is 17.5 Å². The topological polar surface area (TPSA) is 249 Å². The molecule has 5 aromatic rings. The lowest BCUT2D eigenvalue weighted by atomic mass is 9.87. The number of hydrogen-bond acceptors (Lipinski definition) is 15. The number of rotatable bonds is 28. The number of nitrogens with zero attached hydrogens (tertiary/aromatic N) is 4. The van der Waals surface area contributed by atoms with Crippen LogP contribution < -0.4 is 36.1 Å². The van der Waals surface area contributed by atoms with E-state index in [9.17, 15) is 24.0 Å². The normalized spacial score (nSPS) is 17.7. The molecule has 5 amide bonds. The third-order valence-electron chi connectivity index (χ3n) is 14.4. The van der Waals surface area contributed by atoms with E-state index in [0.29, 0.717) is 100 Å². The van der Waals surface area contributed by atoms with Gasteiger partial charge in [0.15, 0.2) is 11.6 Å². The minimum atomic E-state index is -0.708. The second-order valence-electron chi connectivity index (χ2n) is 19.8. The van der Waals surface area contributed by atoms with Crippen molar-refractivity contribution in [2.75, 3.05) is 76.6 Å². The lowest BCUT2D eigenvalue weighted by Crippen LogP contribution is -2.52. The van der Waals surface area contributed by atoms with Crippen LogP contribution in [0, 0.1) is 0 Å². The van der Waals surface area contributed by atoms with Crippen LogP contribution in [0.3, 0.4) is 0 Å². The van der Waals surface area contributed by atoms with Crippen LogP contribution in [0.5, 0.6) is 11.5 Å². The molecule has 9 rings (SSSR count). The fraction of sp³-hybridized carbons (Fsp3) is 0.474. The van der Waals surface area contributed by atoms with Crippen molar-refractivity contribution >= 4 is 40.9 Å². The quantitative estimate of drug-likeness (QED) is 0.0224. The third kappa shape index (κ3) is 14.6. The predicted octanol–water partition coefficient (Wildman–Crippen LogP) is 6.76. The van der Waals surface area contributed by atoms with E-state index in [0.717, 1.165) is 98.6 Å². The fourth-order valence-electron chi connectivity index (χ4n) is 10.2. The Morgan fingerprint density at radius 2 is 1.53 bits per heavy atom. The molecule has 20 heteroatoms. The number of nitrogens with one attached hydrogen (secondary N) is 6. The molecule has 0 saturated carbocycles. The number of piperidine rings is 2. The molecule has 0 radical (unpaired) electrons. The summed E-state index contributed by atoms with van der Waals surface area (Å²) in [7, 11) is 0. The van der Waals surface area contributed by atoms with Gasteiger partial charge in [-0.3, -0.25) is 39.4 Å². The number of pyridine rings is 1. The summed E-state index contributed by atoms with van der Waals surface area (Å²) in [5, 5.41) is 23.4. The first-order chi connectivity index (χ1) is 37.7. The summed E-state index contributed by atoms with van der Waals surface area (Å²) in [5.74, 6) is 1.49. The molecule has 0 aliphatic carbocycles. The highest BCUT2D eigenvalue weighted by Crippen LogP contribution is 2.37. The molecule has 77 heavy (non-hydrogen) atoms. The Morgan fingerprint density at radius 1 is 0.792 bits per heavy atom. The van der Waals surface area contributed by atoms with Gasteiger partial charge in [0.05, 0.1) is 51.2 Å². The van der Waals surface area contributed by atoms with Crippen molar-refractivity contribution in [1.29, 1.82) is 0 Å². The second kappa shape index (κ2) is 27.2. The smallest absolute Gasteiger partial charge is 0.255 e. The van der Waals surface area contributed by atoms with Crippen LogP contribution >= 0.6 is 0 Å². The first kappa shape index (κ1) is 54.5. The van der Waals surface area contributed by atoms with Crippen molar-refractivity contribution in [3.8, 4) is 22.9 Å². The van der Waals surface area contributed by atoms with E-state index in [4.69, 9.17) is 28.7 Å². The van der Waals surface area contributed by atoms with E-state index in [-0.39, 0.29) is 49.1 Å². The number of hydrogen-bond donors (Lipinski definition) is 6. The summed E-state index contributed by atoms with van der Waals surface area (Å²) in [5.41, 5.74) is 4.39. The number of H-pyrrole nitrogens is 1. The van der Waals surface area contributed by atoms with E-state index in [2.05, 4.69) is 41.8 Å². The highest BCUT2D eigenvalue weighted by molar-refractivity contribution is 6.07. The maximum absolute atomic E-state index is 13.8. The Balaban J connectivity index is 0.591. The molecule has 2 atom stereocenters. The molecule has 4 aliphatic heterocycles. The number of ether oxygens (including phenoxy) is 5. The number of benzene rings is 3. The van der Waals surface area contributed by atoms with Crippen LogP contribution in [0.25, 0.3) is 11.4 Å². The molecular formula is C57H70N10O10. The van der Waals surface area contributed by atoms with Crippen molar-refractivity contribution in [3.05, 3.63) is 113 Å². The van der Waals surface area contributed by atoms with Gasteiger partial charge < -0.3 is 49.9 Å². The maximum Gasteiger partial charge on any atom is 0.255 e. The summed E-state index contributed by atoms with van der Waals surface area (Å²) in [6.45, 7) is 6.16. The van der Waals surface area contributed by atoms with E-state index in [1.807, 2.05) is 54.6 Å². The molecule has 0 spiro atoms. The summed E-state index contributed by atoms with van der Waals surface area (Å²) in [6.07, 6.45) is 12.7. The molecule has 0 bridgehead atoms. The number of amides is 5. The molecular weight excluding hydrogens is 985 g/mol. The molecule has 4 aliphatic rings. The standard InChI is InChI=1S/C57H70N10O10/c68-50(60-46-13-9-12-43-45(46)38-67(55(43)72)48-16-18-51(69)62-54(48)71)14-4-3-6-29-74-33-35-75-34-32-73-28-5-1-2-7-30-76-42-15-17-49-44(37-42)47(21-31-77-49)61-53(70)40-10-8-11-41(36-40)64-57(22-26-59-27-23-57)56-63-52(65-66-56)39-19-24-58-25-20-39/h8-13,15,17,19-20,24-25,36-37,47-48,59,64H,1-7,14,16,18,21-23,26-35,38H2,(H,60,68)(H,61,70)(H,62,69,71)(H,63,65,66)/t47-,48?/m0/s1. The monoisotopic (exact) mass is 1050 g/mol. The summed E-state index contributed by atoms with van der Waals surface area (Å²) in [6, 6.07) is 21.5. The second-order valence-corrected chi connectivity index (χ2v) is 19.8. The first-order valence-electron chi connectivity index (χ1n) is 27.2. The van der Waals surface area contributed by atoms with Crippen molar-refractivity contribution in [3.63, 3.8) is 0 Å². The molecule has 6 N–H and O–H groups in total. The Kier molecular flexibility index (Phi) is 19.2. The van der Waals surface area contributed by atoms with E-state index >= 15 is 0 Å². The Labute approximate surface area is 448 Å². The van der Waals surface area contributed by atoms with Crippen molar-refractivity contribution < 1.29 is 47.7 Å². The minimum absolute atomic E-state index is 0.137. The lowest BCUT2D eigenvalue weighted by molar-refractivity contribution is -0.137. The molecule has 20 nitrogen and oxygen atoms in total. The number of aromatic amines is 1. The number of carbonyl (C=O) groups is 5.